The third-order valence-corrected chi connectivity index (χ3v) is 18.3. The van der Waals surface area contributed by atoms with E-state index >= 15 is 0 Å². The standard InChI is InChI=1S/C17H13ClO3.C17H13N3O3.C17H14O4.C12H10O5.C10H9NO3.C10H8O4.C8H8O3.C6H6O2.ClH/c18-10-13-9-15(19)14-7-4-8-16(17(14)21-13)20-11-12-5-2-1-3-6-12;18-20-19-10-13-9-15(21)14-7-4-8-16(17(14)23-13)22-11-12-5-2-1-3-6-12;18-10-13-9-15(19)14-7-4-8-16(17(14)21-13)20-11-12-5-2-1-3-6-12;1-2-16-12(15)10-6-9(14)7-4-3-5-8(13)11(7)17-10;2*11-5-6-4-9(13)7-2-1-3-8(12)10(7)14-6;1-5(9)6-3-2-4-7(10)8(6)11;7-5-3-1-2-4-6(5)8;/h1-9H,10-11H2;1-9H,10-11H2;1-9,18H,10-11H2;3-6,13H,2H2,1H3;1-4,12H,5,11H2;1-4,11-12H,5H2;2-4,10-11H,1H3;1-4,7-8H;1H. The Bertz CT molecular complexity index is 6940. The summed E-state index contributed by atoms with van der Waals surface area (Å²) in [7, 11) is 0. The predicted octanol–water partition coefficient (Wildman–Crippen LogP) is 17.6. The van der Waals surface area contributed by atoms with Gasteiger partial charge in [0.15, 0.2) is 129 Å². The molecule has 11 N–H and O–H groups in total. The number of carbonyl (C=O) groups is 2. The molecule has 17 rings (SSSR count). The number of Topliss-reactive ketones (excluding diaryl/α,β-unsaturated/α-hetero) is 1. The molecule has 0 unspecified atom stereocenters. The quantitative estimate of drug-likeness (QED) is 0.00725. The first-order valence-electron chi connectivity index (χ1n) is 38.9. The van der Waals surface area contributed by atoms with Crippen molar-refractivity contribution < 1.29 is 101 Å². The normalized spacial score (nSPS) is 10.3. The number of hydrogen-bond donors (Lipinski definition) is 10. The molecule has 0 aliphatic rings. The summed E-state index contributed by atoms with van der Waals surface area (Å²) >= 11 is 5.75. The third kappa shape index (κ3) is 26.6. The summed E-state index contributed by atoms with van der Waals surface area (Å²) in [6, 6.07) is 76.5. The molecule has 0 fully saturated rings. The Kier molecular flexibility index (Phi) is 36.1. The van der Waals surface area contributed by atoms with Crippen molar-refractivity contribution in [1.82, 2.24) is 0 Å². The molecule has 666 valence electrons. The predicted molar refractivity (Wildman–Crippen MR) is 487 cm³/mol. The first kappa shape index (κ1) is 97.4. The van der Waals surface area contributed by atoms with Gasteiger partial charge in [0.1, 0.15) is 61.8 Å². The minimum absolute atomic E-state index is 0. The zero-order valence-corrected chi connectivity index (χ0v) is 70.6. The smallest absolute Gasteiger partial charge is 0.374 e. The number of ketones is 1. The summed E-state index contributed by atoms with van der Waals surface area (Å²) in [4.78, 5) is 95.5. The van der Waals surface area contributed by atoms with Crippen LogP contribution in [0.4, 0.5) is 0 Å². The van der Waals surface area contributed by atoms with E-state index in [-0.39, 0.29) is 169 Å². The SMILES string of the molecule is CC(=O)c1cccc(O)c1O.CCOC(=O)c1cc(=O)c2cccc(O)c2o1.Cl.NCc1cc(=O)c2cccc(O)c2o1.O=c1cc(CCl)oc2c(OCc3ccccc3)cccc12.O=c1cc(CO)oc2c(O)cccc12.O=c1cc(CO)oc2c(OCc3ccccc3)cccc12.Oc1ccccc1O.[N-]=[N+]=NCc1cc(=O)c2cccc(OCc3ccccc3)c2o1. The molecule has 0 aliphatic carbocycles. The van der Waals surface area contributed by atoms with Crippen molar-refractivity contribution in [2.75, 3.05) is 6.61 Å². The van der Waals surface area contributed by atoms with Crippen LogP contribution in [0.1, 0.15) is 80.3 Å². The van der Waals surface area contributed by atoms with Crippen molar-refractivity contribution in [2.45, 2.75) is 65.9 Å². The summed E-state index contributed by atoms with van der Waals surface area (Å²) in [5.41, 5.74) is 17.1. The fourth-order valence-electron chi connectivity index (χ4n) is 11.8. The average molecular weight is 1810 g/mol. The van der Waals surface area contributed by atoms with Crippen molar-refractivity contribution in [3.05, 3.63) is 408 Å². The number of aliphatic hydroxyl groups excluding tert-OH is 2. The van der Waals surface area contributed by atoms with Gasteiger partial charge < -0.3 is 97.1 Å². The maximum Gasteiger partial charge on any atom is 0.374 e. The Morgan fingerprint density at radius 2 is 0.692 bits per heavy atom. The van der Waals surface area contributed by atoms with E-state index in [4.69, 9.17) is 99.0 Å². The van der Waals surface area contributed by atoms with Gasteiger partial charge in [-0.2, -0.15) is 0 Å². The summed E-state index contributed by atoms with van der Waals surface area (Å²) in [5.74, 6) is 0.818. The number of fused-ring (bicyclic) bond motifs is 6. The van der Waals surface area contributed by atoms with E-state index in [0.717, 1.165) is 22.8 Å². The van der Waals surface area contributed by atoms with Gasteiger partial charge in [-0.1, -0.05) is 151 Å². The highest BCUT2D eigenvalue weighted by atomic mass is 35.5. The molecule has 33 heteroatoms. The first-order chi connectivity index (χ1) is 62.3. The molecule has 130 heavy (non-hydrogen) atoms. The van der Waals surface area contributed by atoms with Crippen molar-refractivity contribution in [3.63, 3.8) is 0 Å². The lowest BCUT2D eigenvalue weighted by molar-refractivity contribution is 0.0490. The number of rotatable bonds is 18. The van der Waals surface area contributed by atoms with Gasteiger partial charge in [0.25, 0.3) is 0 Å². The molecule has 0 bridgehead atoms. The first-order valence-corrected chi connectivity index (χ1v) is 39.4. The number of nitrogens with zero attached hydrogens (tertiary/aromatic N) is 3. The van der Waals surface area contributed by atoms with Crippen LogP contribution in [0.15, 0.2) is 339 Å². The average Bonchev–Trinajstić information content (AvgIpc) is 0.806. The van der Waals surface area contributed by atoms with Crippen LogP contribution in [0.5, 0.6) is 57.5 Å². The lowest BCUT2D eigenvalue weighted by Gasteiger charge is -2.09. The van der Waals surface area contributed by atoms with Gasteiger partial charge in [-0.25, -0.2) is 4.79 Å². The number of aliphatic hydroxyl groups is 2. The molecule has 17 aromatic rings. The van der Waals surface area contributed by atoms with Gasteiger partial charge in [0.05, 0.1) is 63.5 Å². The Balaban J connectivity index is 0.000000170. The number of nitrogens with two attached hydrogens (primary N) is 1. The monoisotopic (exact) mass is 1800 g/mol. The van der Waals surface area contributed by atoms with E-state index in [2.05, 4.69) is 10.0 Å². The van der Waals surface area contributed by atoms with Gasteiger partial charge in [-0.3, -0.25) is 33.6 Å². The van der Waals surface area contributed by atoms with Crippen LogP contribution in [0, 0.1) is 0 Å². The second kappa shape index (κ2) is 48.2. The number of para-hydroxylation sites is 9. The molecule has 0 spiro atoms. The lowest BCUT2D eigenvalue weighted by Crippen LogP contribution is -2.09. The van der Waals surface area contributed by atoms with Gasteiger partial charge in [-0.15, -0.1) is 24.0 Å². The number of aromatic hydroxyl groups is 7. The third-order valence-electron chi connectivity index (χ3n) is 18.0. The van der Waals surface area contributed by atoms with Crippen molar-refractivity contribution in [1.29, 1.82) is 0 Å². The zero-order chi connectivity index (χ0) is 92.5. The van der Waals surface area contributed by atoms with Gasteiger partial charge in [-0.05, 0) is 133 Å². The van der Waals surface area contributed by atoms with E-state index in [1.807, 2.05) is 91.0 Å². The number of carbonyl (C=O) groups excluding carboxylic acids is 2. The number of phenols is 7. The molecule has 6 heterocycles. The largest absolute Gasteiger partial charge is 0.504 e. The topological polar surface area (TPSA) is 509 Å². The Morgan fingerprint density at radius 3 is 1.05 bits per heavy atom. The van der Waals surface area contributed by atoms with Gasteiger partial charge >= 0.3 is 5.97 Å². The van der Waals surface area contributed by atoms with E-state index in [1.54, 1.807) is 97.9 Å². The highest BCUT2D eigenvalue weighted by Crippen LogP contribution is 2.33. The maximum atomic E-state index is 12.1. The van der Waals surface area contributed by atoms with Crippen molar-refractivity contribution in [3.8, 4) is 57.5 Å². The Morgan fingerprint density at radius 1 is 0.385 bits per heavy atom. The van der Waals surface area contributed by atoms with Crippen LogP contribution >= 0.6 is 24.0 Å². The summed E-state index contributed by atoms with van der Waals surface area (Å²) < 4.78 is 54.4. The fourth-order valence-corrected chi connectivity index (χ4v) is 11.9. The number of halogens is 2. The molecule has 0 amide bonds. The van der Waals surface area contributed by atoms with Crippen LogP contribution in [-0.2, 0) is 56.7 Å². The number of alkyl halides is 1. The number of benzene rings is 11. The van der Waals surface area contributed by atoms with E-state index < -0.39 is 11.4 Å². The molecular formula is C97H82Cl2N4O27. The lowest BCUT2D eigenvalue weighted by atomic mass is 10.1. The number of esters is 1. The molecule has 0 aliphatic heterocycles. The molecule has 0 atom stereocenters. The number of azide groups is 1. The zero-order valence-electron chi connectivity index (χ0n) is 69.0. The second-order valence-corrected chi connectivity index (χ2v) is 27.3. The number of hydrogen-bond acceptors (Lipinski definition) is 29. The highest BCUT2D eigenvalue weighted by Gasteiger charge is 2.18. The number of ether oxygens (including phenoxy) is 4. The van der Waals surface area contributed by atoms with Gasteiger partial charge in [0, 0.05) is 41.3 Å². The van der Waals surface area contributed by atoms with Crippen molar-refractivity contribution >= 4 is 102 Å². The summed E-state index contributed by atoms with van der Waals surface area (Å²) in [6.07, 6.45) is 0. The van der Waals surface area contributed by atoms with Crippen LogP contribution < -0.4 is 52.5 Å². The van der Waals surface area contributed by atoms with Gasteiger partial charge in [0.2, 0.25) is 5.76 Å². The van der Waals surface area contributed by atoms with Crippen LogP contribution in [-0.4, -0.2) is 64.3 Å². The van der Waals surface area contributed by atoms with Crippen LogP contribution in [0.25, 0.3) is 76.3 Å². The van der Waals surface area contributed by atoms with Crippen LogP contribution in [0.3, 0.4) is 0 Å². The fraction of sp³-hybridized carbons (Fsp3) is 0.113. The minimum Gasteiger partial charge on any atom is -0.504 e. The Labute approximate surface area is 747 Å². The second-order valence-electron chi connectivity index (χ2n) is 27.0. The maximum absolute atomic E-state index is 12.1. The molecule has 11 aromatic carbocycles. The van der Waals surface area contributed by atoms with Crippen molar-refractivity contribution in [2.24, 2.45) is 10.8 Å². The molecule has 0 radical (unpaired) electrons. The minimum atomic E-state index is -0.727. The number of phenolic OH excluding ortho intramolecular Hbond substituents is 7. The molecular weight excluding hydrogens is 1720 g/mol. The van der Waals surface area contributed by atoms with Crippen LogP contribution in [0.2, 0.25) is 0 Å². The van der Waals surface area contributed by atoms with E-state index in [1.165, 1.54) is 97.9 Å². The molecule has 0 saturated carbocycles. The molecule has 6 aromatic heterocycles. The summed E-state index contributed by atoms with van der Waals surface area (Å²) in [6.45, 7) is 3.75. The van der Waals surface area contributed by atoms with E-state index in [0.29, 0.717) is 98.0 Å². The highest BCUT2D eigenvalue weighted by molar-refractivity contribution is 6.16. The molecule has 0 saturated heterocycles. The summed E-state index contributed by atoms with van der Waals surface area (Å²) in [5, 5.41) is 87.4. The molecule has 31 nitrogen and oxygen atoms in total. The Hall–Kier alpha value is -16.4. The van der Waals surface area contributed by atoms with E-state index in [9.17, 15) is 53.7 Å².